The molecule has 0 spiro atoms. The molecular formula is C21H23ClN4O2. The molecule has 0 atom stereocenters. The van der Waals surface area contributed by atoms with Crippen LogP contribution in [0.4, 0.5) is 5.69 Å². The van der Waals surface area contributed by atoms with E-state index in [1.165, 1.54) is 13.1 Å². The molecule has 146 valence electrons. The first-order chi connectivity index (χ1) is 13.5. The number of fused-ring (bicyclic) bond motifs is 1. The number of halogens is 1. The number of hydrogen-bond acceptors (Lipinski definition) is 4. The van der Waals surface area contributed by atoms with Crippen LogP contribution in [0.1, 0.15) is 38.6 Å². The Kier molecular flexibility index (Phi) is 6.08. The molecule has 1 aliphatic rings. The van der Waals surface area contributed by atoms with Crippen molar-refractivity contribution in [3.05, 3.63) is 52.0 Å². The summed E-state index contributed by atoms with van der Waals surface area (Å²) >= 11 is 6.22. The number of rotatable bonds is 2. The zero-order valence-corrected chi connectivity index (χ0v) is 16.4. The van der Waals surface area contributed by atoms with Crippen molar-refractivity contribution in [3.8, 4) is 17.2 Å². The minimum Gasteiger partial charge on any atom is -0.394 e. The molecule has 0 amide bonds. The van der Waals surface area contributed by atoms with Crippen molar-refractivity contribution in [1.82, 2.24) is 9.55 Å². The maximum atomic E-state index is 12.5. The predicted molar refractivity (Wildman–Crippen MR) is 112 cm³/mol. The second-order valence-corrected chi connectivity index (χ2v) is 7.39. The van der Waals surface area contributed by atoms with E-state index in [1.807, 2.05) is 24.4 Å². The molecule has 6 nitrogen and oxygen atoms in total. The summed E-state index contributed by atoms with van der Waals surface area (Å²) in [6.07, 6.45) is 8.40. The summed E-state index contributed by atoms with van der Waals surface area (Å²) in [7, 11) is 0. The van der Waals surface area contributed by atoms with Crippen LogP contribution in [0.15, 0.2) is 41.6 Å². The van der Waals surface area contributed by atoms with E-state index in [9.17, 15) is 9.90 Å². The number of nitrogens with one attached hydrogen (secondary N) is 1. The van der Waals surface area contributed by atoms with Gasteiger partial charge in [-0.15, -0.1) is 0 Å². The molecule has 0 unspecified atom stereocenters. The summed E-state index contributed by atoms with van der Waals surface area (Å²) in [6, 6.07) is 7.76. The molecule has 2 aromatic heterocycles. The summed E-state index contributed by atoms with van der Waals surface area (Å²) in [5.41, 5.74) is 8.24. The number of benzene rings is 1. The highest BCUT2D eigenvalue weighted by molar-refractivity contribution is 6.31. The van der Waals surface area contributed by atoms with Gasteiger partial charge in [0.15, 0.2) is 0 Å². The minimum atomic E-state index is -0.210. The zero-order chi connectivity index (χ0) is 20.3. The number of H-pyrrole nitrogens is 1. The normalized spacial score (nSPS) is 18.9. The van der Waals surface area contributed by atoms with E-state index < -0.39 is 0 Å². The monoisotopic (exact) mass is 398 g/mol. The second-order valence-electron chi connectivity index (χ2n) is 6.95. The minimum absolute atomic E-state index is 0.174. The highest BCUT2D eigenvalue weighted by atomic mass is 35.5. The average molecular weight is 399 g/mol. The van der Waals surface area contributed by atoms with Gasteiger partial charge < -0.3 is 20.4 Å². The molecule has 28 heavy (non-hydrogen) atoms. The van der Waals surface area contributed by atoms with Crippen molar-refractivity contribution in [1.29, 1.82) is 5.26 Å². The Labute approximate surface area is 168 Å². The smallest absolute Gasteiger partial charge is 0.212 e. The van der Waals surface area contributed by atoms with Crippen LogP contribution in [-0.2, 0) is 0 Å². The number of pyridine rings is 1. The molecule has 7 heteroatoms. The first-order valence-electron chi connectivity index (χ1n) is 9.22. The number of nitrogen functional groups attached to an aromatic ring is 1. The van der Waals surface area contributed by atoms with Gasteiger partial charge in [0.05, 0.1) is 23.4 Å². The van der Waals surface area contributed by atoms with Gasteiger partial charge in [-0.2, -0.15) is 5.26 Å². The molecule has 0 saturated heterocycles. The van der Waals surface area contributed by atoms with Gasteiger partial charge in [-0.05, 0) is 37.8 Å². The summed E-state index contributed by atoms with van der Waals surface area (Å²) in [5.74, 6) is 0. The van der Waals surface area contributed by atoms with E-state index in [-0.39, 0.29) is 17.2 Å². The van der Waals surface area contributed by atoms with Gasteiger partial charge in [0, 0.05) is 53.1 Å². The number of aliphatic hydroxyl groups is 1. The molecule has 3 aromatic rings. The summed E-state index contributed by atoms with van der Waals surface area (Å²) in [4.78, 5) is 15.4. The molecule has 0 aliphatic heterocycles. The summed E-state index contributed by atoms with van der Waals surface area (Å²) in [6.45, 7) is 1.43. The molecule has 1 saturated carbocycles. The Morgan fingerprint density at radius 3 is 2.61 bits per heavy atom. The summed E-state index contributed by atoms with van der Waals surface area (Å²) in [5, 5.41) is 18.8. The third kappa shape index (κ3) is 3.91. The van der Waals surface area contributed by atoms with Crippen LogP contribution in [0.5, 0.6) is 0 Å². The van der Waals surface area contributed by atoms with Gasteiger partial charge in [-0.1, -0.05) is 17.7 Å². The van der Waals surface area contributed by atoms with E-state index in [1.54, 1.807) is 12.3 Å². The van der Waals surface area contributed by atoms with Crippen molar-refractivity contribution >= 4 is 28.2 Å². The standard InChI is InChI=1S/C19H20ClN3O2.C2H3N/c20-11-1-6-14-16(15-8-22-9-17(21)19(15)25)10-23(18(14)7-11)12-2-4-13(24)5-3-12;1-2-3/h1,6-10,12-13,24H,2-5,21H2,(H,22,25);1H3. The number of nitrogens with two attached hydrogens (primary N) is 1. The van der Waals surface area contributed by atoms with Crippen molar-refractivity contribution in [2.45, 2.75) is 44.8 Å². The lowest BCUT2D eigenvalue weighted by Crippen LogP contribution is -2.20. The fourth-order valence-electron chi connectivity index (χ4n) is 3.78. The van der Waals surface area contributed by atoms with Gasteiger partial charge in [-0.3, -0.25) is 4.79 Å². The van der Waals surface area contributed by atoms with Crippen molar-refractivity contribution < 1.29 is 5.11 Å². The number of hydrogen-bond donors (Lipinski definition) is 3. The van der Waals surface area contributed by atoms with Gasteiger partial charge in [0.2, 0.25) is 5.43 Å². The first-order valence-corrected chi connectivity index (χ1v) is 9.60. The first kappa shape index (κ1) is 20.0. The van der Waals surface area contributed by atoms with E-state index >= 15 is 0 Å². The Balaban J connectivity index is 0.000000706. The Bertz CT molecular complexity index is 1070. The van der Waals surface area contributed by atoms with Crippen LogP contribution in [-0.4, -0.2) is 20.8 Å². The molecular weight excluding hydrogens is 376 g/mol. The van der Waals surface area contributed by atoms with Gasteiger partial charge >= 0.3 is 0 Å². The number of aromatic amines is 1. The maximum Gasteiger partial charge on any atom is 0.212 e. The molecule has 1 aliphatic carbocycles. The van der Waals surface area contributed by atoms with Crippen molar-refractivity contribution in [2.75, 3.05) is 5.73 Å². The molecule has 1 fully saturated rings. The van der Waals surface area contributed by atoms with Crippen LogP contribution in [0.3, 0.4) is 0 Å². The molecule has 4 N–H and O–H groups in total. The average Bonchev–Trinajstić information content (AvgIpc) is 3.04. The molecule has 2 heterocycles. The molecule has 1 aromatic carbocycles. The lowest BCUT2D eigenvalue weighted by atomic mass is 9.93. The fraction of sp³-hybridized carbons (Fsp3) is 0.333. The largest absolute Gasteiger partial charge is 0.394 e. The Morgan fingerprint density at radius 1 is 1.25 bits per heavy atom. The van der Waals surface area contributed by atoms with Crippen LogP contribution in [0.25, 0.3) is 22.0 Å². The van der Waals surface area contributed by atoms with Gasteiger partial charge in [-0.25, -0.2) is 0 Å². The number of aliphatic hydroxyl groups excluding tert-OH is 1. The zero-order valence-electron chi connectivity index (χ0n) is 15.7. The molecule has 4 rings (SSSR count). The third-order valence-electron chi connectivity index (χ3n) is 5.12. The highest BCUT2D eigenvalue weighted by Crippen LogP contribution is 2.37. The van der Waals surface area contributed by atoms with E-state index in [4.69, 9.17) is 22.6 Å². The van der Waals surface area contributed by atoms with E-state index in [0.29, 0.717) is 16.6 Å². The van der Waals surface area contributed by atoms with Crippen LogP contribution in [0, 0.1) is 11.3 Å². The lowest BCUT2D eigenvalue weighted by molar-refractivity contribution is 0.111. The Hall–Kier alpha value is -2.75. The quantitative estimate of drug-likeness (QED) is 0.599. The van der Waals surface area contributed by atoms with E-state index in [0.717, 1.165) is 42.1 Å². The fourth-order valence-corrected chi connectivity index (χ4v) is 3.95. The number of nitriles is 1. The molecule has 0 bridgehead atoms. The lowest BCUT2D eigenvalue weighted by Gasteiger charge is -2.27. The molecule has 0 radical (unpaired) electrons. The third-order valence-corrected chi connectivity index (χ3v) is 5.35. The van der Waals surface area contributed by atoms with Crippen LogP contribution < -0.4 is 11.2 Å². The van der Waals surface area contributed by atoms with Gasteiger partial charge in [0.1, 0.15) is 0 Å². The second kappa shape index (κ2) is 8.51. The van der Waals surface area contributed by atoms with Gasteiger partial charge in [0.25, 0.3) is 0 Å². The maximum absolute atomic E-state index is 12.5. The van der Waals surface area contributed by atoms with Crippen molar-refractivity contribution in [3.63, 3.8) is 0 Å². The highest BCUT2D eigenvalue weighted by Gasteiger charge is 2.24. The van der Waals surface area contributed by atoms with Crippen LogP contribution in [0.2, 0.25) is 5.02 Å². The van der Waals surface area contributed by atoms with Crippen molar-refractivity contribution in [2.24, 2.45) is 0 Å². The number of anilines is 1. The summed E-state index contributed by atoms with van der Waals surface area (Å²) < 4.78 is 2.20. The Morgan fingerprint density at radius 2 is 1.93 bits per heavy atom. The predicted octanol–water partition coefficient (Wildman–Crippen LogP) is 4.24. The number of nitrogens with zero attached hydrogens (tertiary/aromatic N) is 2. The van der Waals surface area contributed by atoms with Crippen LogP contribution >= 0.6 is 11.6 Å². The topological polar surface area (TPSA) is 108 Å². The van der Waals surface area contributed by atoms with E-state index in [2.05, 4.69) is 9.55 Å². The number of aromatic nitrogens is 2. The SMILES string of the molecule is CC#N.Nc1c[nH]cc(-c2cn(C3CCC(O)CC3)c3cc(Cl)ccc23)c1=O.